The van der Waals surface area contributed by atoms with Gasteiger partial charge in [-0.05, 0) is 35.7 Å². The van der Waals surface area contributed by atoms with E-state index in [1.165, 1.54) is 26.2 Å². The molecule has 130 valence electrons. The Morgan fingerprint density at radius 1 is 0.875 bits per heavy atom. The lowest BCUT2D eigenvalue weighted by Gasteiger charge is -2.12. The number of aryl methyl sites for hydroxylation is 1. The van der Waals surface area contributed by atoms with Gasteiger partial charge in [0.25, 0.3) is 0 Å². The Balaban J connectivity index is 2.26. The molecule has 2 rings (SSSR count). The van der Waals surface area contributed by atoms with Crippen LogP contribution in [0.2, 0.25) is 0 Å². The van der Waals surface area contributed by atoms with Crippen molar-refractivity contribution < 1.29 is 16.8 Å². The molecule has 2 aromatic rings. The number of hydrogen-bond donors (Lipinski definition) is 0. The fourth-order valence-corrected chi connectivity index (χ4v) is 4.88. The van der Waals surface area contributed by atoms with Crippen LogP contribution in [0.4, 0.5) is 0 Å². The van der Waals surface area contributed by atoms with Gasteiger partial charge < -0.3 is 0 Å². The van der Waals surface area contributed by atoms with E-state index in [2.05, 4.69) is 0 Å². The maximum Gasteiger partial charge on any atom is 0.242 e. The van der Waals surface area contributed by atoms with Crippen LogP contribution in [-0.4, -0.2) is 35.2 Å². The highest BCUT2D eigenvalue weighted by molar-refractivity contribution is 7.90. The van der Waals surface area contributed by atoms with Crippen molar-refractivity contribution in [2.24, 2.45) is 0 Å². The molecule has 0 amide bonds. The molecule has 2 aromatic carbocycles. The summed E-state index contributed by atoms with van der Waals surface area (Å²) in [5, 5.41) is 0. The van der Waals surface area contributed by atoms with Gasteiger partial charge in [0.15, 0.2) is 9.84 Å². The first-order valence-electron chi connectivity index (χ1n) is 7.38. The van der Waals surface area contributed by atoms with Crippen molar-refractivity contribution in [3.05, 3.63) is 65.2 Å². The molecule has 0 radical (unpaired) electrons. The van der Waals surface area contributed by atoms with Crippen molar-refractivity contribution in [3.63, 3.8) is 0 Å². The Kier molecular flexibility index (Phi) is 5.47. The summed E-state index contributed by atoms with van der Waals surface area (Å²) in [6.07, 6.45) is 0. The molecule has 0 saturated carbocycles. The molecule has 0 fully saturated rings. The zero-order valence-electron chi connectivity index (χ0n) is 13.9. The average Bonchev–Trinajstić information content (AvgIpc) is 2.49. The smallest absolute Gasteiger partial charge is 0.228 e. The third-order valence-corrected chi connectivity index (χ3v) is 7.04. The molecule has 0 aliphatic heterocycles. The summed E-state index contributed by atoms with van der Waals surface area (Å²) < 4.78 is 50.3. The zero-order chi connectivity index (χ0) is 18.0. The third kappa shape index (κ3) is 4.43. The van der Waals surface area contributed by atoms with E-state index in [1.54, 1.807) is 18.2 Å². The highest BCUT2D eigenvalue weighted by Gasteiger charge is 2.19. The molecular weight excluding hydrogens is 346 g/mol. The number of sulfone groups is 1. The Morgan fingerprint density at radius 2 is 1.54 bits per heavy atom. The first kappa shape index (κ1) is 18.6. The molecule has 0 aliphatic carbocycles. The van der Waals surface area contributed by atoms with Crippen LogP contribution in [0.15, 0.2) is 53.4 Å². The standard InChI is InChI=1S/C17H21NO4S2/c1-14-7-4-5-9-16(14)13-23(19,20)12-15-8-6-10-17(11-15)24(21,22)18(2)3/h4-11H,12-13H2,1-3H3. The number of hydrogen-bond acceptors (Lipinski definition) is 4. The molecule has 0 unspecified atom stereocenters. The summed E-state index contributed by atoms with van der Waals surface area (Å²) in [5.74, 6) is -0.261. The van der Waals surface area contributed by atoms with Crippen LogP contribution in [0.1, 0.15) is 16.7 Å². The monoisotopic (exact) mass is 367 g/mol. The molecular formula is C17H21NO4S2. The molecule has 0 atom stereocenters. The number of rotatable bonds is 6. The van der Waals surface area contributed by atoms with Gasteiger partial charge in [0.05, 0.1) is 16.4 Å². The van der Waals surface area contributed by atoms with Gasteiger partial charge in [0.2, 0.25) is 10.0 Å². The highest BCUT2D eigenvalue weighted by atomic mass is 32.2. The van der Waals surface area contributed by atoms with E-state index in [0.29, 0.717) is 5.56 Å². The molecule has 5 nitrogen and oxygen atoms in total. The summed E-state index contributed by atoms with van der Waals surface area (Å²) >= 11 is 0. The largest absolute Gasteiger partial charge is 0.242 e. The van der Waals surface area contributed by atoms with Crippen LogP contribution in [0, 0.1) is 6.92 Å². The lowest BCUT2D eigenvalue weighted by molar-refractivity contribution is 0.520. The van der Waals surface area contributed by atoms with Crippen molar-refractivity contribution in [1.82, 2.24) is 4.31 Å². The SMILES string of the molecule is Cc1ccccc1CS(=O)(=O)Cc1cccc(S(=O)(=O)N(C)C)c1. The van der Waals surface area contributed by atoms with Gasteiger partial charge in [-0.2, -0.15) is 0 Å². The normalized spacial score (nSPS) is 12.5. The first-order chi connectivity index (χ1) is 11.1. The predicted octanol–water partition coefficient (Wildman–Crippen LogP) is 2.36. The van der Waals surface area contributed by atoms with Crippen LogP contribution in [0.5, 0.6) is 0 Å². The molecule has 0 N–H and O–H groups in total. The number of benzene rings is 2. The topological polar surface area (TPSA) is 71.5 Å². The van der Waals surface area contributed by atoms with E-state index >= 15 is 0 Å². The minimum atomic E-state index is -3.58. The van der Waals surface area contributed by atoms with E-state index in [9.17, 15) is 16.8 Å². The van der Waals surface area contributed by atoms with Gasteiger partial charge in [0, 0.05) is 14.1 Å². The fourth-order valence-electron chi connectivity index (χ4n) is 2.32. The summed E-state index contributed by atoms with van der Waals surface area (Å²) in [4.78, 5) is 0.0936. The maximum atomic E-state index is 12.5. The van der Waals surface area contributed by atoms with Crippen molar-refractivity contribution in [2.75, 3.05) is 14.1 Å². The predicted molar refractivity (Wildman–Crippen MR) is 94.8 cm³/mol. The van der Waals surface area contributed by atoms with Gasteiger partial charge in [-0.25, -0.2) is 21.1 Å². The van der Waals surface area contributed by atoms with E-state index in [0.717, 1.165) is 15.4 Å². The van der Waals surface area contributed by atoms with Crippen molar-refractivity contribution in [1.29, 1.82) is 0 Å². The molecule has 7 heteroatoms. The minimum Gasteiger partial charge on any atom is -0.228 e. The van der Waals surface area contributed by atoms with Gasteiger partial charge in [-0.15, -0.1) is 0 Å². The van der Waals surface area contributed by atoms with E-state index in [4.69, 9.17) is 0 Å². The highest BCUT2D eigenvalue weighted by Crippen LogP contribution is 2.19. The van der Waals surface area contributed by atoms with Crippen molar-refractivity contribution in [2.45, 2.75) is 23.3 Å². The molecule has 0 aliphatic rings. The number of sulfonamides is 1. The van der Waals surface area contributed by atoms with Crippen LogP contribution in [-0.2, 0) is 31.4 Å². The summed E-state index contributed by atoms with van der Waals surface area (Å²) in [5.41, 5.74) is 2.14. The first-order valence-corrected chi connectivity index (χ1v) is 10.6. The Morgan fingerprint density at radius 3 is 2.17 bits per heavy atom. The lowest BCUT2D eigenvalue weighted by atomic mass is 10.1. The number of nitrogens with zero attached hydrogens (tertiary/aromatic N) is 1. The Bertz CT molecular complexity index is 933. The lowest BCUT2D eigenvalue weighted by Crippen LogP contribution is -2.22. The second kappa shape index (κ2) is 7.04. The maximum absolute atomic E-state index is 12.5. The average molecular weight is 367 g/mol. The molecule has 0 heterocycles. The second-order valence-electron chi connectivity index (χ2n) is 5.89. The van der Waals surface area contributed by atoms with Crippen LogP contribution < -0.4 is 0 Å². The van der Waals surface area contributed by atoms with E-state index < -0.39 is 19.9 Å². The Hall–Kier alpha value is -1.70. The van der Waals surface area contributed by atoms with Gasteiger partial charge in [-0.3, -0.25) is 0 Å². The van der Waals surface area contributed by atoms with Gasteiger partial charge in [0.1, 0.15) is 0 Å². The van der Waals surface area contributed by atoms with Gasteiger partial charge >= 0.3 is 0 Å². The van der Waals surface area contributed by atoms with Crippen LogP contribution >= 0.6 is 0 Å². The molecule has 0 spiro atoms. The third-order valence-electron chi connectivity index (χ3n) is 3.70. The van der Waals surface area contributed by atoms with Gasteiger partial charge in [-0.1, -0.05) is 36.4 Å². The van der Waals surface area contributed by atoms with E-state index in [-0.39, 0.29) is 16.4 Å². The summed E-state index contributed by atoms with van der Waals surface area (Å²) in [7, 11) is -4.10. The quantitative estimate of drug-likeness (QED) is 0.786. The second-order valence-corrected chi connectivity index (χ2v) is 10.1. The molecule has 0 aromatic heterocycles. The summed E-state index contributed by atoms with van der Waals surface area (Å²) in [6, 6.07) is 13.4. The van der Waals surface area contributed by atoms with Crippen molar-refractivity contribution >= 4 is 19.9 Å². The molecule has 0 saturated heterocycles. The Labute approximate surface area is 143 Å². The zero-order valence-corrected chi connectivity index (χ0v) is 15.6. The molecule has 0 bridgehead atoms. The minimum absolute atomic E-state index is 0.0651. The van der Waals surface area contributed by atoms with Crippen LogP contribution in [0.3, 0.4) is 0 Å². The molecule has 24 heavy (non-hydrogen) atoms. The summed E-state index contributed by atoms with van der Waals surface area (Å²) in [6.45, 7) is 1.87. The van der Waals surface area contributed by atoms with E-state index in [1.807, 2.05) is 25.1 Å². The fraction of sp³-hybridized carbons (Fsp3) is 0.294. The van der Waals surface area contributed by atoms with Crippen LogP contribution in [0.25, 0.3) is 0 Å². The van der Waals surface area contributed by atoms with Crippen molar-refractivity contribution in [3.8, 4) is 0 Å².